The summed E-state index contributed by atoms with van der Waals surface area (Å²) in [6.07, 6.45) is 6.93. The van der Waals surface area contributed by atoms with Crippen LogP contribution in [-0.4, -0.2) is 23.8 Å². The zero-order valence-corrected chi connectivity index (χ0v) is 22.1. The molecule has 0 bridgehead atoms. The molecule has 0 fully saturated rings. The van der Waals surface area contributed by atoms with Crippen molar-refractivity contribution in [2.45, 2.75) is 26.8 Å². The van der Waals surface area contributed by atoms with E-state index in [2.05, 4.69) is 10.9 Å². The van der Waals surface area contributed by atoms with E-state index in [4.69, 9.17) is 39.1 Å². The van der Waals surface area contributed by atoms with Crippen LogP contribution < -0.4 is 19.6 Å². The van der Waals surface area contributed by atoms with Crippen LogP contribution >= 0.6 is 34.5 Å². The molecule has 9 heteroatoms. The summed E-state index contributed by atoms with van der Waals surface area (Å²) in [5.74, 6) is 2.15. The van der Waals surface area contributed by atoms with Crippen molar-refractivity contribution in [2.75, 3.05) is 13.2 Å². The van der Waals surface area contributed by atoms with Gasteiger partial charge in [-0.1, -0.05) is 70.3 Å². The van der Waals surface area contributed by atoms with Crippen molar-refractivity contribution in [2.24, 2.45) is 4.99 Å². The average molecular weight is 541 g/mol. The van der Waals surface area contributed by atoms with Gasteiger partial charge in [0.25, 0.3) is 5.56 Å². The second-order valence-corrected chi connectivity index (χ2v) is 9.84. The Balaban J connectivity index is 1.89. The predicted molar refractivity (Wildman–Crippen MR) is 142 cm³/mol. The highest BCUT2D eigenvalue weighted by atomic mass is 35.5. The van der Waals surface area contributed by atoms with Crippen LogP contribution in [0.3, 0.4) is 0 Å². The monoisotopic (exact) mass is 540 g/mol. The molecule has 184 valence electrons. The SMILES string of the molecule is C#CCOc1c(Cl)cc(/C=c2/sc3n(c2=O)[C@H](c2ccc(C)cc2)C(C(=O)OCC)=C(C)N=3)cc1Cl. The van der Waals surface area contributed by atoms with Crippen LogP contribution in [-0.2, 0) is 9.53 Å². The summed E-state index contributed by atoms with van der Waals surface area (Å²) in [4.78, 5) is 31.7. The maximum atomic E-state index is 13.7. The van der Waals surface area contributed by atoms with E-state index in [-0.39, 0.29) is 34.6 Å². The molecule has 0 N–H and O–H groups in total. The van der Waals surface area contributed by atoms with Gasteiger partial charge in [0.2, 0.25) is 0 Å². The number of terminal acetylenes is 1. The molecule has 4 rings (SSSR count). The van der Waals surface area contributed by atoms with Gasteiger partial charge in [0.15, 0.2) is 10.6 Å². The lowest BCUT2D eigenvalue weighted by atomic mass is 9.95. The van der Waals surface area contributed by atoms with Gasteiger partial charge in [-0.2, -0.15) is 0 Å². The van der Waals surface area contributed by atoms with E-state index in [1.807, 2.05) is 31.2 Å². The summed E-state index contributed by atoms with van der Waals surface area (Å²) in [6.45, 7) is 5.70. The molecule has 0 spiro atoms. The number of aryl methyl sites for hydroxylation is 1. The van der Waals surface area contributed by atoms with E-state index in [0.29, 0.717) is 26.2 Å². The number of ether oxygens (including phenoxy) is 2. The number of halogens is 2. The number of carbonyl (C=O) groups excluding carboxylic acids is 1. The van der Waals surface area contributed by atoms with Crippen molar-refractivity contribution in [1.82, 2.24) is 4.57 Å². The fourth-order valence-electron chi connectivity index (χ4n) is 3.92. The fraction of sp³-hybridized carbons (Fsp3) is 0.222. The van der Waals surface area contributed by atoms with Gasteiger partial charge in [-0.15, -0.1) is 6.42 Å². The molecule has 1 aliphatic rings. The van der Waals surface area contributed by atoms with Crippen LogP contribution in [0.4, 0.5) is 0 Å². The van der Waals surface area contributed by atoms with Crippen LogP contribution in [0.1, 0.15) is 36.6 Å². The smallest absolute Gasteiger partial charge is 0.338 e. The highest BCUT2D eigenvalue weighted by Crippen LogP contribution is 2.34. The third-order valence-electron chi connectivity index (χ3n) is 5.53. The number of rotatable bonds is 6. The first kappa shape index (κ1) is 25.8. The summed E-state index contributed by atoms with van der Waals surface area (Å²) in [5.41, 5.74) is 3.00. The zero-order valence-electron chi connectivity index (χ0n) is 19.8. The minimum absolute atomic E-state index is 0.0263. The summed E-state index contributed by atoms with van der Waals surface area (Å²) in [6, 6.07) is 10.3. The number of fused-ring (bicyclic) bond motifs is 1. The molecule has 2 heterocycles. The maximum absolute atomic E-state index is 13.7. The number of allylic oxidation sites excluding steroid dienone is 1. The predicted octanol–water partition coefficient (Wildman–Crippen LogP) is 4.43. The molecule has 0 aliphatic carbocycles. The van der Waals surface area contributed by atoms with Crippen molar-refractivity contribution >= 4 is 46.6 Å². The van der Waals surface area contributed by atoms with Crippen molar-refractivity contribution in [3.63, 3.8) is 0 Å². The third-order valence-corrected chi connectivity index (χ3v) is 7.07. The topological polar surface area (TPSA) is 69.9 Å². The standard InChI is InChI=1S/C27H22Cl2N2O4S/c1-5-11-35-24-19(28)12-17(13-20(24)29)14-21-25(32)31-23(18-9-7-15(3)8-10-18)22(26(33)34-6-2)16(4)30-27(31)36-21/h1,7-10,12-14,23H,6,11H2,2-4H3/b21-14+/t23-/m1/s1. The Morgan fingerprint density at radius 1 is 1.22 bits per heavy atom. The number of hydrogen-bond acceptors (Lipinski definition) is 6. The first-order chi connectivity index (χ1) is 17.2. The Bertz CT molecular complexity index is 1570. The quantitative estimate of drug-likeness (QED) is 0.342. The van der Waals surface area contributed by atoms with Gasteiger partial charge >= 0.3 is 5.97 Å². The summed E-state index contributed by atoms with van der Waals surface area (Å²) < 4.78 is 12.7. The number of aromatic nitrogens is 1. The fourth-order valence-corrected chi connectivity index (χ4v) is 5.58. The second-order valence-electron chi connectivity index (χ2n) is 8.02. The molecular weight excluding hydrogens is 519 g/mol. The minimum atomic E-state index is -0.672. The average Bonchev–Trinajstić information content (AvgIpc) is 3.12. The Hall–Kier alpha value is -3.31. The van der Waals surface area contributed by atoms with Crippen LogP contribution in [0, 0.1) is 19.3 Å². The van der Waals surface area contributed by atoms with E-state index in [9.17, 15) is 9.59 Å². The molecule has 1 atom stereocenters. The number of esters is 1. The van der Waals surface area contributed by atoms with Gasteiger partial charge in [-0.3, -0.25) is 9.36 Å². The largest absolute Gasteiger partial charge is 0.478 e. The number of nitrogens with zero attached hydrogens (tertiary/aromatic N) is 2. The van der Waals surface area contributed by atoms with Crippen molar-refractivity contribution in [3.05, 3.63) is 94.1 Å². The van der Waals surface area contributed by atoms with Gasteiger partial charge in [0.1, 0.15) is 6.61 Å². The number of thiazole rings is 1. The molecule has 6 nitrogen and oxygen atoms in total. The highest BCUT2D eigenvalue weighted by Gasteiger charge is 2.33. The Labute approximate surface area is 222 Å². The number of carbonyl (C=O) groups is 1. The Morgan fingerprint density at radius 2 is 1.89 bits per heavy atom. The van der Waals surface area contributed by atoms with Crippen molar-refractivity contribution in [1.29, 1.82) is 0 Å². The van der Waals surface area contributed by atoms with Crippen LogP contribution in [0.5, 0.6) is 5.75 Å². The number of benzene rings is 2. The lowest BCUT2D eigenvalue weighted by Crippen LogP contribution is -2.39. The lowest BCUT2D eigenvalue weighted by Gasteiger charge is -2.24. The van der Waals surface area contributed by atoms with Crippen LogP contribution in [0.2, 0.25) is 10.0 Å². The van der Waals surface area contributed by atoms with Gasteiger partial charge in [0, 0.05) is 0 Å². The first-order valence-corrected chi connectivity index (χ1v) is 12.6. The van der Waals surface area contributed by atoms with Gasteiger partial charge < -0.3 is 9.47 Å². The molecule has 0 radical (unpaired) electrons. The molecule has 2 aromatic carbocycles. The van der Waals surface area contributed by atoms with Crippen molar-refractivity contribution < 1.29 is 14.3 Å². The molecule has 0 unspecified atom stereocenters. The minimum Gasteiger partial charge on any atom is -0.478 e. The highest BCUT2D eigenvalue weighted by molar-refractivity contribution is 7.07. The van der Waals surface area contributed by atoms with Gasteiger partial charge in [0.05, 0.1) is 38.5 Å². The summed E-state index contributed by atoms with van der Waals surface area (Å²) in [5, 5.41) is 0.546. The molecule has 1 aliphatic heterocycles. The van der Waals surface area contributed by atoms with E-state index < -0.39 is 12.0 Å². The van der Waals surface area contributed by atoms with Crippen LogP contribution in [0.25, 0.3) is 6.08 Å². The molecule has 3 aromatic rings. The molecule has 0 saturated carbocycles. The van der Waals surface area contributed by atoms with E-state index >= 15 is 0 Å². The van der Waals surface area contributed by atoms with E-state index in [0.717, 1.165) is 11.1 Å². The molecule has 36 heavy (non-hydrogen) atoms. The normalized spacial score (nSPS) is 15.2. The van der Waals surface area contributed by atoms with Crippen LogP contribution in [0.15, 0.2) is 57.5 Å². The second kappa shape index (κ2) is 10.8. The first-order valence-electron chi connectivity index (χ1n) is 11.1. The van der Waals surface area contributed by atoms with E-state index in [1.165, 1.54) is 15.9 Å². The summed E-state index contributed by atoms with van der Waals surface area (Å²) >= 11 is 13.9. The van der Waals surface area contributed by atoms with Gasteiger partial charge in [-0.05, 0) is 50.1 Å². The van der Waals surface area contributed by atoms with Gasteiger partial charge in [-0.25, -0.2) is 9.79 Å². The zero-order chi connectivity index (χ0) is 26.0. The molecule has 1 aromatic heterocycles. The third kappa shape index (κ3) is 4.98. The molecule has 0 saturated heterocycles. The molecular formula is C27H22Cl2N2O4S. The van der Waals surface area contributed by atoms with Crippen molar-refractivity contribution in [3.8, 4) is 18.1 Å². The lowest BCUT2D eigenvalue weighted by molar-refractivity contribution is -0.139. The maximum Gasteiger partial charge on any atom is 0.338 e. The molecule has 0 amide bonds. The summed E-state index contributed by atoms with van der Waals surface area (Å²) in [7, 11) is 0. The number of hydrogen-bond donors (Lipinski definition) is 0. The Morgan fingerprint density at radius 3 is 2.50 bits per heavy atom. The van der Waals surface area contributed by atoms with E-state index in [1.54, 1.807) is 32.1 Å². The Kier molecular flexibility index (Phi) is 7.70.